The fourth-order valence-electron chi connectivity index (χ4n) is 1.85. The van der Waals surface area contributed by atoms with E-state index in [0.29, 0.717) is 11.3 Å². The van der Waals surface area contributed by atoms with Crippen molar-refractivity contribution in [3.63, 3.8) is 0 Å². The Kier molecular flexibility index (Phi) is 4.20. The van der Waals surface area contributed by atoms with E-state index in [0.717, 1.165) is 0 Å². The Bertz CT molecular complexity index is 601. The summed E-state index contributed by atoms with van der Waals surface area (Å²) in [5.41, 5.74) is 1.09. The molecular formula is C15H14FNO3. The molecule has 5 heteroatoms. The highest BCUT2D eigenvalue weighted by Gasteiger charge is 2.19. The van der Waals surface area contributed by atoms with Crippen molar-refractivity contribution in [1.82, 2.24) is 0 Å². The summed E-state index contributed by atoms with van der Waals surface area (Å²) in [7, 11) is 1.36. The molecular weight excluding hydrogens is 261 g/mol. The van der Waals surface area contributed by atoms with Crippen LogP contribution in [0.1, 0.15) is 11.6 Å². The molecule has 0 heterocycles. The second kappa shape index (κ2) is 6.06. The van der Waals surface area contributed by atoms with Gasteiger partial charge in [0.15, 0.2) is 17.6 Å². The van der Waals surface area contributed by atoms with Crippen LogP contribution in [-0.4, -0.2) is 18.2 Å². The van der Waals surface area contributed by atoms with Crippen LogP contribution in [0, 0.1) is 5.82 Å². The van der Waals surface area contributed by atoms with Gasteiger partial charge in [0.1, 0.15) is 0 Å². The monoisotopic (exact) mass is 275 g/mol. The number of hydrogen-bond acceptors (Lipinski definition) is 3. The summed E-state index contributed by atoms with van der Waals surface area (Å²) in [6.45, 7) is 0. The van der Waals surface area contributed by atoms with Gasteiger partial charge in [-0.2, -0.15) is 0 Å². The summed E-state index contributed by atoms with van der Waals surface area (Å²) >= 11 is 0. The fourth-order valence-corrected chi connectivity index (χ4v) is 1.85. The standard InChI is InChI=1S/C15H14FNO3/c1-20-13-9-11(7-8-12(13)16)17-14(15(18)19)10-5-3-2-4-6-10/h2-9,14,17H,1H3,(H,18,19). The topological polar surface area (TPSA) is 58.6 Å². The van der Waals surface area contributed by atoms with Gasteiger partial charge in [-0.15, -0.1) is 0 Å². The quantitative estimate of drug-likeness (QED) is 0.880. The third-order valence-electron chi connectivity index (χ3n) is 2.84. The Morgan fingerprint density at radius 3 is 2.55 bits per heavy atom. The molecule has 4 nitrogen and oxygen atoms in total. The molecule has 1 unspecified atom stereocenters. The molecule has 0 aromatic heterocycles. The third kappa shape index (κ3) is 3.06. The lowest BCUT2D eigenvalue weighted by Gasteiger charge is -2.16. The molecule has 0 fully saturated rings. The molecule has 2 N–H and O–H groups in total. The number of benzene rings is 2. The minimum atomic E-state index is -1.01. The first-order valence-corrected chi connectivity index (χ1v) is 5.99. The number of nitrogens with one attached hydrogen (secondary N) is 1. The first kappa shape index (κ1) is 13.9. The van der Waals surface area contributed by atoms with E-state index in [1.54, 1.807) is 24.3 Å². The predicted octanol–water partition coefficient (Wildman–Crippen LogP) is 3.07. The van der Waals surface area contributed by atoms with Gasteiger partial charge < -0.3 is 15.2 Å². The Balaban J connectivity index is 2.27. The molecule has 104 valence electrons. The number of aliphatic carboxylic acids is 1. The predicted molar refractivity (Wildman–Crippen MR) is 73.4 cm³/mol. The van der Waals surface area contributed by atoms with Crippen molar-refractivity contribution in [1.29, 1.82) is 0 Å². The molecule has 0 aliphatic rings. The smallest absolute Gasteiger partial charge is 0.330 e. The van der Waals surface area contributed by atoms with Crippen LogP contribution in [0.4, 0.5) is 10.1 Å². The summed E-state index contributed by atoms with van der Waals surface area (Å²) < 4.78 is 18.2. The van der Waals surface area contributed by atoms with Gasteiger partial charge in [0.2, 0.25) is 0 Å². The SMILES string of the molecule is COc1cc(NC(C(=O)O)c2ccccc2)ccc1F. The maximum Gasteiger partial charge on any atom is 0.330 e. The molecule has 0 saturated heterocycles. The molecule has 1 atom stereocenters. The molecule has 0 aliphatic heterocycles. The van der Waals surface area contributed by atoms with E-state index >= 15 is 0 Å². The van der Waals surface area contributed by atoms with Crippen molar-refractivity contribution in [2.24, 2.45) is 0 Å². The number of hydrogen-bond donors (Lipinski definition) is 2. The first-order chi connectivity index (χ1) is 9.61. The largest absolute Gasteiger partial charge is 0.494 e. The number of methoxy groups -OCH3 is 1. The van der Waals surface area contributed by atoms with Crippen molar-refractivity contribution in [3.8, 4) is 5.75 Å². The maximum atomic E-state index is 13.3. The fraction of sp³-hybridized carbons (Fsp3) is 0.133. The Morgan fingerprint density at radius 1 is 1.25 bits per heavy atom. The van der Waals surface area contributed by atoms with E-state index in [4.69, 9.17) is 4.74 Å². The van der Waals surface area contributed by atoms with Gasteiger partial charge in [-0.25, -0.2) is 9.18 Å². The lowest BCUT2D eigenvalue weighted by atomic mass is 10.1. The molecule has 0 spiro atoms. The zero-order valence-electron chi connectivity index (χ0n) is 10.8. The van der Waals surface area contributed by atoms with E-state index < -0.39 is 17.8 Å². The first-order valence-electron chi connectivity index (χ1n) is 5.99. The van der Waals surface area contributed by atoms with E-state index in [9.17, 15) is 14.3 Å². The Hall–Kier alpha value is -2.56. The number of halogens is 1. The van der Waals surface area contributed by atoms with Gasteiger partial charge in [0, 0.05) is 11.8 Å². The van der Waals surface area contributed by atoms with Crippen molar-refractivity contribution < 1.29 is 19.0 Å². The summed E-state index contributed by atoms with van der Waals surface area (Å²) in [5.74, 6) is -1.45. The van der Waals surface area contributed by atoms with Crippen LogP contribution in [0.3, 0.4) is 0 Å². The highest BCUT2D eigenvalue weighted by Crippen LogP contribution is 2.25. The number of ether oxygens (including phenoxy) is 1. The van der Waals surface area contributed by atoms with Gasteiger partial charge in [0.05, 0.1) is 7.11 Å². The van der Waals surface area contributed by atoms with Gasteiger partial charge in [-0.3, -0.25) is 0 Å². The van der Waals surface area contributed by atoms with Crippen LogP contribution in [0.5, 0.6) is 5.75 Å². The van der Waals surface area contributed by atoms with Crippen molar-refractivity contribution in [3.05, 3.63) is 59.9 Å². The van der Waals surface area contributed by atoms with Gasteiger partial charge in [-0.05, 0) is 17.7 Å². The number of carboxylic acids is 1. The lowest BCUT2D eigenvalue weighted by Crippen LogP contribution is -2.20. The molecule has 0 amide bonds. The number of carbonyl (C=O) groups is 1. The molecule has 2 aromatic carbocycles. The maximum absolute atomic E-state index is 13.3. The Morgan fingerprint density at radius 2 is 1.95 bits per heavy atom. The van der Waals surface area contributed by atoms with Gasteiger partial charge in [-0.1, -0.05) is 30.3 Å². The average Bonchev–Trinajstić information content (AvgIpc) is 2.47. The van der Waals surface area contributed by atoms with Crippen LogP contribution in [0.25, 0.3) is 0 Å². The van der Waals surface area contributed by atoms with Crippen LogP contribution >= 0.6 is 0 Å². The highest BCUT2D eigenvalue weighted by atomic mass is 19.1. The molecule has 2 rings (SSSR count). The summed E-state index contributed by atoms with van der Waals surface area (Å²) in [6.07, 6.45) is 0. The van der Waals surface area contributed by atoms with E-state index in [1.807, 2.05) is 6.07 Å². The second-order valence-electron chi connectivity index (χ2n) is 4.18. The third-order valence-corrected chi connectivity index (χ3v) is 2.84. The molecule has 0 bridgehead atoms. The number of rotatable bonds is 5. The van der Waals surface area contributed by atoms with Crippen LogP contribution < -0.4 is 10.1 Å². The Labute approximate surface area is 115 Å². The van der Waals surface area contributed by atoms with Crippen molar-refractivity contribution >= 4 is 11.7 Å². The average molecular weight is 275 g/mol. The summed E-state index contributed by atoms with van der Waals surface area (Å²) in [5, 5.41) is 12.2. The van der Waals surface area contributed by atoms with E-state index in [1.165, 1.54) is 25.3 Å². The number of carboxylic acid groups (broad SMARTS) is 1. The summed E-state index contributed by atoms with van der Waals surface area (Å²) in [6, 6.07) is 12.0. The molecule has 0 saturated carbocycles. The molecule has 2 aromatic rings. The van der Waals surface area contributed by atoms with Gasteiger partial charge in [0.25, 0.3) is 0 Å². The zero-order valence-corrected chi connectivity index (χ0v) is 10.8. The van der Waals surface area contributed by atoms with Crippen molar-refractivity contribution in [2.75, 3.05) is 12.4 Å². The summed E-state index contributed by atoms with van der Waals surface area (Å²) in [4.78, 5) is 11.4. The van der Waals surface area contributed by atoms with Gasteiger partial charge >= 0.3 is 5.97 Å². The van der Waals surface area contributed by atoms with E-state index in [2.05, 4.69) is 5.32 Å². The van der Waals surface area contributed by atoms with E-state index in [-0.39, 0.29) is 5.75 Å². The second-order valence-corrected chi connectivity index (χ2v) is 4.18. The van der Waals surface area contributed by atoms with Crippen LogP contribution in [-0.2, 0) is 4.79 Å². The van der Waals surface area contributed by atoms with Crippen LogP contribution in [0.2, 0.25) is 0 Å². The lowest BCUT2D eigenvalue weighted by molar-refractivity contribution is -0.138. The normalized spacial score (nSPS) is 11.7. The van der Waals surface area contributed by atoms with Crippen LogP contribution in [0.15, 0.2) is 48.5 Å². The minimum Gasteiger partial charge on any atom is -0.494 e. The highest BCUT2D eigenvalue weighted by molar-refractivity contribution is 5.79. The minimum absolute atomic E-state index is 0.0622. The molecule has 0 aliphatic carbocycles. The molecule has 0 radical (unpaired) electrons. The van der Waals surface area contributed by atoms with Crippen molar-refractivity contribution in [2.45, 2.75) is 6.04 Å². The molecule has 20 heavy (non-hydrogen) atoms. The number of anilines is 1. The zero-order chi connectivity index (χ0) is 14.5.